The molecule has 0 fully saturated rings. The van der Waals surface area contributed by atoms with Crippen LogP contribution in [-0.2, 0) is 6.61 Å². The van der Waals surface area contributed by atoms with Crippen molar-refractivity contribution in [2.75, 3.05) is 19.1 Å². The second kappa shape index (κ2) is 6.04. The quantitative estimate of drug-likeness (QED) is 0.939. The highest BCUT2D eigenvalue weighted by molar-refractivity contribution is 9.10. The molecule has 0 saturated carbocycles. The van der Waals surface area contributed by atoms with Gasteiger partial charge in [0.1, 0.15) is 11.6 Å². The zero-order valence-electron chi connectivity index (χ0n) is 10.8. The molecular weight excluding hydrogens is 308 g/mol. The molecule has 1 N–H and O–H groups in total. The first-order valence-corrected chi connectivity index (χ1v) is 6.58. The van der Waals surface area contributed by atoms with Crippen molar-refractivity contribution in [1.29, 1.82) is 0 Å². The van der Waals surface area contributed by atoms with Crippen molar-refractivity contribution in [2.45, 2.75) is 6.61 Å². The van der Waals surface area contributed by atoms with E-state index in [-0.39, 0.29) is 6.61 Å². The number of aliphatic hydroxyl groups is 1. The molecule has 2 aromatic rings. The molecule has 0 bridgehead atoms. The molecule has 0 amide bonds. The van der Waals surface area contributed by atoms with E-state index in [4.69, 9.17) is 4.74 Å². The Kier molecular flexibility index (Phi) is 4.39. The van der Waals surface area contributed by atoms with Gasteiger partial charge in [-0.05, 0) is 46.3 Å². The lowest BCUT2D eigenvalue weighted by Crippen LogP contribution is -2.13. The number of hydrogen-bond donors (Lipinski definition) is 1. The molecular formula is C14H15BrN2O2. The zero-order valence-corrected chi connectivity index (χ0v) is 12.4. The first kappa shape index (κ1) is 13.8. The van der Waals surface area contributed by atoms with Gasteiger partial charge in [-0.2, -0.15) is 0 Å². The standard InChI is InChI=1S/C14H15BrN2O2/c1-17(12-3-5-13(19-2)6-4-12)14-10(9-18)7-11(15)8-16-14/h3-8,18H,9H2,1-2H3. The molecule has 0 aliphatic carbocycles. The van der Waals surface area contributed by atoms with Crippen LogP contribution in [0.15, 0.2) is 41.0 Å². The van der Waals surface area contributed by atoms with Gasteiger partial charge in [-0.15, -0.1) is 0 Å². The lowest BCUT2D eigenvalue weighted by atomic mass is 10.2. The van der Waals surface area contributed by atoms with Gasteiger partial charge in [0.15, 0.2) is 0 Å². The molecule has 1 heterocycles. The van der Waals surface area contributed by atoms with Gasteiger partial charge in [0.25, 0.3) is 0 Å². The summed E-state index contributed by atoms with van der Waals surface area (Å²) in [4.78, 5) is 6.28. The molecule has 100 valence electrons. The molecule has 0 spiro atoms. The number of ether oxygens (including phenoxy) is 1. The van der Waals surface area contributed by atoms with E-state index in [1.165, 1.54) is 0 Å². The second-order valence-electron chi connectivity index (χ2n) is 4.05. The molecule has 0 atom stereocenters. The summed E-state index contributed by atoms with van der Waals surface area (Å²) < 4.78 is 5.99. The van der Waals surface area contributed by atoms with Crippen LogP contribution in [0.1, 0.15) is 5.56 Å². The van der Waals surface area contributed by atoms with E-state index < -0.39 is 0 Å². The molecule has 2 rings (SSSR count). The minimum absolute atomic E-state index is 0.0533. The van der Waals surface area contributed by atoms with Gasteiger partial charge < -0.3 is 14.7 Å². The SMILES string of the molecule is COc1ccc(N(C)c2ncc(Br)cc2CO)cc1. The number of rotatable bonds is 4. The number of anilines is 2. The largest absolute Gasteiger partial charge is 0.497 e. The first-order chi connectivity index (χ1) is 9.15. The Hall–Kier alpha value is -1.59. The van der Waals surface area contributed by atoms with Gasteiger partial charge in [0, 0.05) is 29.0 Å². The van der Waals surface area contributed by atoms with E-state index in [1.807, 2.05) is 42.3 Å². The van der Waals surface area contributed by atoms with Crippen LogP contribution in [0.25, 0.3) is 0 Å². The number of nitrogens with zero attached hydrogens (tertiary/aromatic N) is 2. The highest BCUT2D eigenvalue weighted by Crippen LogP contribution is 2.28. The Morgan fingerprint density at radius 3 is 2.58 bits per heavy atom. The maximum absolute atomic E-state index is 9.41. The fourth-order valence-corrected chi connectivity index (χ4v) is 2.20. The van der Waals surface area contributed by atoms with Crippen molar-refractivity contribution in [1.82, 2.24) is 4.98 Å². The lowest BCUT2D eigenvalue weighted by molar-refractivity contribution is 0.282. The Morgan fingerprint density at radius 2 is 2.00 bits per heavy atom. The van der Waals surface area contributed by atoms with Crippen molar-refractivity contribution in [2.24, 2.45) is 0 Å². The number of halogens is 1. The second-order valence-corrected chi connectivity index (χ2v) is 4.97. The number of aliphatic hydroxyl groups excluding tert-OH is 1. The summed E-state index contributed by atoms with van der Waals surface area (Å²) in [7, 11) is 3.55. The molecule has 1 aromatic carbocycles. The van der Waals surface area contributed by atoms with E-state index in [0.717, 1.165) is 27.3 Å². The van der Waals surface area contributed by atoms with Crippen molar-refractivity contribution >= 4 is 27.4 Å². The summed E-state index contributed by atoms with van der Waals surface area (Å²) in [5.74, 6) is 1.54. The number of hydrogen-bond acceptors (Lipinski definition) is 4. The summed E-state index contributed by atoms with van der Waals surface area (Å²) >= 11 is 3.35. The number of pyridine rings is 1. The number of methoxy groups -OCH3 is 1. The summed E-state index contributed by atoms with van der Waals surface area (Å²) in [5, 5.41) is 9.41. The van der Waals surface area contributed by atoms with Crippen LogP contribution in [0.2, 0.25) is 0 Å². The molecule has 0 aliphatic heterocycles. The molecule has 0 aliphatic rings. The van der Waals surface area contributed by atoms with Crippen molar-refractivity contribution in [3.63, 3.8) is 0 Å². The topological polar surface area (TPSA) is 45.6 Å². The van der Waals surface area contributed by atoms with Crippen LogP contribution in [-0.4, -0.2) is 24.2 Å². The smallest absolute Gasteiger partial charge is 0.138 e. The molecule has 0 unspecified atom stereocenters. The van der Waals surface area contributed by atoms with Crippen molar-refractivity contribution in [3.8, 4) is 5.75 Å². The Morgan fingerprint density at radius 1 is 1.32 bits per heavy atom. The fourth-order valence-electron chi connectivity index (χ4n) is 1.82. The molecule has 0 radical (unpaired) electrons. The molecule has 5 heteroatoms. The lowest BCUT2D eigenvalue weighted by Gasteiger charge is -2.21. The predicted molar refractivity (Wildman–Crippen MR) is 78.9 cm³/mol. The van der Waals surface area contributed by atoms with Crippen LogP contribution in [0, 0.1) is 0 Å². The molecule has 19 heavy (non-hydrogen) atoms. The van der Waals surface area contributed by atoms with Gasteiger partial charge in [-0.1, -0.05) is 0 Å². The van der Waals surface area contributed by atoms with E-state index in [9.17, 15) is 5.11 Å². The third kappa shape index (κ3) is 3.05. The minimum Gasteiger partial charge on any atom is -0.497 e. The van der Waals surface area contributed by atoms with Crippen LogP contribution in [0.5, 0.6) is 5.75 Å². The van der Waals surface area contributed by atoms with E-state index in [0.29, 0.717) is 0 Å². The van der Waals surface area contributed by atoms with Crippen molar-refractivity contribution < 1.29 is 9.84 Å². The predicted octanol–water partition coefficient (Wildman–Crippen LogP) is 3.11. The summed E-state index contributed by atoms with van der Waals surface area (Å²) in [6.45, 7) is -0.0533. The van der Waals surface area contributed by atoms with Crippen LogP contribution >= 0.6 is 15.9 Å². The summed E-state index contributed by atoms with van der Waals surface area (Å²) in [5.41, 5.74) is 1.75. The summed E-state index contributed by atoms with van der Waals surface area (Å²) in [6.07, 6.45) is 1.72. The fraction of sp³-hybridized carbons (Fsp3) is 0.214. The maximum Gasteiger partial charge on any atom is 0.138 e. The molecule has 1 aromatic heterocycles. The van der Waals surface area contributed by atoms with Gasteiger partial charge in [-0.3, -0.25) is 0 Å². The molecule has 4 nitrogen and oxygen atoms in total. The Balaban J connectivity index is 2.34. The average Bonchev–Trinajstić information content (AvgIpc) is 2.46. The normalized spacial score (nSPS) is 10.3. The van der Waals surface area contributed by atoms with Gasteiger partial charge >= 0.3 is 0 Å². The highest BCUT2D eigenvalue weighted by Gasteiger charge is 2.11. The zero-order chi connectivity index (χ0) is 13.8. The summed E-state index contributed by atoms with van der Waals surface area (Å²) in [6, 6.07) is 9.54. The first-order valence-electron chi connectivity index (χ1n) is 5.78. The van der Waals surface area contributed by atoms with Crippen LogP contribution in [0.3, 0.4) is 0 Å². The third-order valence-corrected chi connectivity index (χ3v) is 3.29. The van der Waals surface area contributed by atoms with E-state index in [1.54, 1.807) is 13.3 Å². The minimum atomic E-state index is -0.0533. The molecule has 0 saturated heterocycles. The maximum atomic E-state index is 9.41. The van der Waals surface area contributed by atoms with Crippen LogP contribution < -0.4 is 9.64 Å². The monoisotopic (exact) mass is 322 g/mol. The average molecular weight is 323 g/mol. The van der Waals surface area contributed by atoms with E-state index >= 15 is 0 Å². The van der Waals surface area contributed by atoms with Gasteiger partial charge in [-0.25, -0.2) is 4.98 Å². The number of benzene rings is 1. The third-order valence-electron chi connectivity index (χ3n) is 2.86. The van der Waals surface area contributed by atoms with Crippen molar-refractivity contribution in [3.05, 3.63) is 46.6 Å². The number of aromatic nitrogens is 1. The van der Waals surface area contributed by atoms with Gasteiger partial charge in [0.05, 0.1) is 13.7 Å². The van der Waals surface area contributed by atoms with E-state index in [2.05, 4.69) is 20.9 Å². The van der Waals surface area contributed by atoms with Gasteiger partial charge in [0.2, 0.25) is 0 Å². The van der Waals surface area contributed by atoms with Crippen LogP contribution in [0.4, 0.5) is 11.5 Å². The highest BCUT2D eigenvalue weighted by atomic mass is 79.9. The Bertz CT molecular complexity index is 558. The Labute approximate surface area is 120 Å².